The number of methoxy groups -OCH3 is 1. The van der Waals surface area contributed by atoms with E-state index in [1.807, 2.05) is 48.7 Å². The monoisotopic (exact) mass is 348 g/mol. The summed E-state index contributed by atoms with van der Waals surface area (Å²) in [5.74, 6) is 1.10. The summed E-state index contributed by atoms with van der Waals surface area (Å²) >= 11 is 0. The van der Waals surface area contributed by atoms with Crippen LogP contribution in [0.25, 0.3) is 10.9 Å². The summed E-state index contributed by atoms with van der Waals surface area (Å²) in [5.41, 5.74) is 2.67. The maximum atomic E-state index is 13.6. The predicted octanol–water partition coefficient (Wildman–Crippen LogP) is 3.97. The van der Waals surface area contributed by atoms with Crippen LogP contribution in [0.2, 0.25) is 0 Å². The molecule has 0 radical (unpaired) electrons. The van der Waals surface area contributed by atoms with Crippen LogP contribution in [0.5, 0.6) is 5.75 Å². The third-order valence-corrected chi connectivity index (χ3v) is 5.53. The standard InChI is InChI=1S/C22H24N2O2/c1-26-19-4-2-3-16(13-19)15-22(8-11-23-12-9-22)21(25)18-5-6-20-17(14-18)7-10-24-20/h2-7,10,13-14,23-24H,8-9,11-12,15H2,1H3. The van der Waals surface area contributed by atoms with Gasteiger partial charge in [0, 0.05) is 28.1 Å². The van der Waals surface area contributed by atoms with E-state index >= 15 is 0 Å². The quantitative estimate of drug-likeness (QED) is 0.686. The molecule has 1 saturated heterocycles. The lowest BCUT2D eigenvalue weighted by atomic mass is 9.69. The van der Waals surface area contributed by atoms with E-state index in [4.69, 9.17) is 4.74 Å². The summed E-state index contributed by atoms with van der Waals surface area (Å²) in [4.78, 5) is 16.8. The molecule has 0 spiro atoms. The molecule has 1 fully saturated rings. The molecule has 2 heterocycles. The van der Waals surface area contributed by atoms with Crippen LogP contribution in [0.15, 0.2) is 54.7 Å². The molecular weight excluding hydrogens is 324 g/mol. The maximum absolute atomic E-state index is 13.6. The van der Waals surface area contributed by atoms with Crippen LogP contribution in [0.4, 0.5) is 0 Å². The first-order valence-corrected chi connectivity index (χ1v) is 9.16. The normalized spacial score (nSPS) is 16.5. The summed E-state index contributed by atoms with van der Waals surface area (Å²) < 4.78 is 5.36. The Bertz CT molecular complexity index is 923. The zero-order chi connectivity index (χ0) is 18.0. The molecule has 0 bridgehead atoms. The molecule has 0 saturated carbocycles. The second-order valence-electron chi connectivity index (χ2n) is 7.17. The Morgan fingerprint density at radius 2 is 1.96 bits per heavy atom. The molecule has 2 aromatic carbocycles. The van der Waals surface area contributed by atoms with Crippen LogP contribution in [-0.4, -0.2) is 31.0 Å². The Balaban J connectivity index is 1.69. The number of aromatic nitrogens is 1. The highest BCUT2D eigenvalue weighted by Gasteiger charge is 2.40. The van der Waals surface area contributed by atoms with Crippen molar-refractivity contribution in [3.8, 4) is 5.75 Å². The van der Waals surface area contributed by atoms with Crippen LogP contribution >= 0.6 is 0 Å². The van der Waals surface area contributed by atoms with Gasteiger partial charge in [0.15, 0.2) is 5.78 Å². The van der Waals surface area contributed by atoms with Gasteiger partial charge >= 0.3 is 0 Å². The molecule has 2 N–H and O–H groups in total. The number of benzene rings is 2. The Labute approximate surface area is 153 Å². The van der Waals surface area contributed by atoms with Crippen molar-refractivity contribution in [1.29, 1.82) is 0 Å². The van der Waals surface area contributed by atoms with Gasteiger partial charge in [-0.3, -0.25) is 4.79 Å². The van der Waals surface area contributed by atoms with Gasteiger partial charge in [0.1, 0.15) is 5.75 Å². The van der Waals surface area contributed by atoms with Gasteiger partial charge in [-0.2, -0.15) is 0 Å². The van der Waals surface area contributed by atoms with E-state index in [0.717, 1.165) is 60.1 Å². The maximum Gasteiger partial charge on any atom is 0.169 e. The second-order valence-corrected chi connectivity index (χ2v) is 7.17. The fourth-order valence-electron chi connectivity index (χ4n) is 4.06. The number of hydrogen-bond donors (Lipinski definition) is 2. The Kier molecular flexibility index (Phi) is 4.51. The van der Waals surface area contributed by atoms with Gasteiger partial charge in [-0.05, 0) is 74.3 Å². The highest BCUT2D eigenvalue weighted by atomic mass is 16.5. The highest BCUT2D eigenvalue weighted by molar-refractivity contribution is 6.03. The molecule has 4 heteroatoms. The molecule has 3 aromatic rings. The number of nitrogens with one attached hydrogen (secondary N) is 2. The van der Waals surface area contributed by atoms with Crippen molar-refractivity contribution in [3.63, 3.8) is 0 Å². The molecule has 0 amide bonds. The van der Waals surface area contributed by atoms with Gasteiger partial charge < -0.3 is 15.0 Å². The Morgan fingerprint density at radius 3 is 2.77 bits per heavy atom. The molecule has 0 atom stereocenters. The molecule has 0 aliphatic carbocycles. The van der Waals surface area contributed by atoms with E-state index in [-0.39, 0.29) is 11.2 Å². The van der Waals surface area contributed by atoms with E-state index in [0.29, 0.717) is 0 Å². The van der Waals surface area contributed by atoms with Crippen molar-refractivity contribution in [2.24, 2.45) is 5.41 Å². The predicted molar refractivity (Wildman–Crippen MR) is 104 cm³/mol. The summed E-state index contributed by atoms with van der Waals surface area (Å²) in [5, 5.41) is 4.48. The van der Waals surface area contributed by atoms with Crippen LogP contribution in [0.1, 0.15) is 28.8 Å². The number of ether oxygens (including phenoxy) is 1. The fourth-order valence-corrected chi connectivity index (χ4v) is 4.06. The second kappa shape index (κ2) is 6.96. The topological polar surface area (TPSA) is 54.1 Å². The third kappa shape index (κ3) is 3.13. The highest BCUT2D eigenvalue weighted by Crippen LogP contribution is 2.37. The van der Waals surface area contributed by atoms with E-state index in [1.54, 1.807) is 7.11 Å². The van der Waals surface area contributed by atoms with E-state index in [2.05, 4.69) is 16.4 Å². The molecule has 0 unspecified atom stereocenters. The summed E-state index contributed by atoms with van der Waals surface area (Å²) in [6.07, 6.45) is 4.37. The van der Waals surface area contributed by atoms with Crippen molar-refractivity contribution in [2.45, 2.75) is 19.3 Å². The molecule has 134 valence electrons. The van der Waals surface area contributed by atoms with Crippen molar-refractivity contribution < 1.29 is 9.53 Å². The van der Waals surface area contributed by atoms with Crippen molar-refractivity contribution in [1.82, 2.24) is 10.3 Å². The minimum absolute atomic E-state index is 0.255. The minimum atomic E-state index is -0.360. The van der Waals surface area contributed by atoms with Gasteiger partial charge in [0.05, 0.1) is 7.11 Å². The van der Waals surface area contributed by atoms with Crippen molar-refractivity contribution >= 4 is 16.7 Å². The molecular formula is C22H24N2O2. The number of Topliss-reactive ketones (excluding diaryl/α,β-unsaturated/α-hetero) is 1. The smallest absolute Gasteiger partial charge is 0.169 e. The SMILES string of the molecule is COc1cccc(CC2(C(=O)c3ccc4[nH]ccc4c3)CCNCC2)c1. The average molecular weight is 348 g/mol. The molecule has 1 aliphatic rings. The first-order valence-electron chi connectivity index (χ1n) is 9.16. The number of rotatable bonds is 5. The fraction of sp³-hybridized carbons (Fsp3) is 0.318. The third-order valence-electron chi connectivity index (χ3n) is 5.53. The molecule has 1 aromatic heterocycles. The Hall–Kier alpha value is -2.59. The van der Waals surface area contributed by atoms with E-state index in [1.165, 1.54) is 0 Å². The first-order chi connectivity index (χ1) is 12.7. The average Bonchev–Trinajstić information content (AvgIpc) is 3.16. The van der Waals surface area contributed by atoms with E-state index < -0.39 is 0 Å². The number of fused-ring (bicyclic) bond motifs is 1. The van der Waals surface area contributed by atoms with Gasteiger partial charge in [-0.1, -0.05) is 12.1 Å². The molecule has 1 aliphatic heterocycles. The number of H-pyrrole nitrogens is 1. The Morgan fingerprint density at radius 1 is 1.12 bits per heavy atom. The van der Waals surface area contributed by atoms with Gasteiger partial charge in [0.2, 0.25) is 0 Å². The number of piperidine rings is 1. The number of hydrogen-bond acceptors (Lipinski definition) is 3. The number of ketones is 1. The molecule has 4 nitrogen and oxygen atoms in total. The van der Waals surface area contributed by atoms with Gasteiger partial charge in [0.25, 0.3) is 0 Å². The number of aromatic amines is 1. The minimum Gasteiger partial charge on any atom is -0.497 e. The van der Waals surface area contributed by atoms with E-state index in [9.17, 15) is 4.79 Å². The molecule has 26 heavy (non-hydrogen) atoms. The number of carbonyl (C=O) groups excluding carboxylic acids is 1. The van der Waals surface area contributed by atoms with Gasteiger partial charge in [-0.25, -0.2) is 0 Å². The lowest BCUT2D eigenvalue weighted by Gasteiger charge is -2.36. The van der Waals surface area contributed by atoms with Gasteiger partial charge in [-0.15, -0.1) is 0 Å². The van der Waals surface area contributed by atoms with Crippen LogP contribution in [0, 0.1) is 5.41 Å². The largest absolute Gasteiger partial charge is 0.497 e. The first kappa shape index (κ1) is 16.9. The zero-order valence-corrected chi connectivity index (χ0v) is 15.0. The van der Waals surface area contributed by atoms with Crippen LogP contribution < -0.4 is 10.1 Å². The lowest BCUT2D eigenvalue weighted by Crippen LogP contribution is -2.43. The number of carbonyl (C=O) groups is 1. The summed E-state index contributed by atoms with van der Waals surface area (Å²) in [6, 6.07) is 16.1. The lowest BCUT2D eigenvalue weighted by molar-refractivity contribution is 0.0726. The van der Waals surface area contributed by atoms with Crippen LogP contribution in [-0.2, 0) is 6.42 Å². The summed E-state index contributed by atoms with van der Waals surface area (Å²) in [7, 11) is 1.68. The molecule has 4 rings (SSSR count). The zero-order valence-electron chi connectivity index (χ0n) is 15.0. The van der Waals surface area contributed by atoms with Crippen molar-refractivity contribution in [3.05, 3.63) is 65.9 Å². The van der Waals surface area contributed by atoms with Crippen LogP contribution in [0.3, 0.4) is 0 Å². The summed E-state index contributed by atoms with van der Waals surface area (Å²) in [6.45, 7) is 1.75. The van der Waals surface area contributed by atoms with Crippen molar-refractivity contribution in [2.75, 3.05) is 20.2 Å².